The van der Waals surface area contributed by atoms with Crippen LogP contribution in [0.15, 0.2) is 11.4 Å². The van der Waals surface area contributed by atoms with E-state index in [0.29, 0.717) is 25.7 Å². The zero-order chi connectivity index (χ0) is 13.4. The molecule has 0 saturated carbocycles. The number of carbonyl (C=O) groups excluding carboxylic acids is 2. The summed E-state index contributed by atoms with van der Waals surface area (Å²) in [5.41, 5.74) is 1.37. The fourth-order valence-electron chi connectivity index (χ4n) is 2.85. The van der Waals surface area contributed by atoms with Crippen LogP contribution in [0.5, 0.6) is 0 Å². The van der Waals surface area contributed by atoms with Gasteiger partial charge in [-0.3, -0.25) is 4.79 Å². The minimum atomic E-state index is -0.243. The van der Waals surface area contributed by atoms with Crippen LogP contribution in [0.1, 0.15) is 29.8 Å². The molecule has 3 heterocycles. The first-order valence-corrected chi connectivity index (χ1v) is 7.54. The van der Waals surface area contributed by atoms with Crippen LogP contribution in [0.3, 0.4) is 0 Å². The van der Waals surface area contributed by atoms with Crippen molar-refractivity contribution in [3.8, 4) is 0 Å². The molecule has 1 aromatic rings. The third-order valence-electron chi connectivity index (χ3n) is 4.05. The lowest BCUT2D eigenvalue weighted by atomic mass is 10.0. The number of hydrogen-bond donors (Lipinski definition) is 2. The highest BCUT2D eigenvalue weighted by Gasteiger charge is 2.34. The van der Waals surface area contributed by atoms with Gasteiger partial charge < -0.3 is 10.2 Å². The Hall–Kier alpha value is -1.40. The quantitative estimate of drug-likeness (QED) is 0.810. The molecule has 102 valence electrons. The molecule has 3 rings (SSSR count). The lowest BCUT2D eigenvalue weighted by Crippen LogP contribution is -3.14. The number of imide groups is 1. The van der Waals surface area contributed by atoms with Crippen molar-refractivity contribution in [3.63, 3.8) is 0 Å². The van der Waals surface area contributed by atoms with Crippen molar-refractivity contribution < 1.29 is 14.5 Å². The van der Waals surface area contributed by atoms with Gasteiger partial charge in [0.1, 0.15) is 6.04 Å². The fraction of sp³-hybridized carbons (Fsp3) is 0.538. The smallest absolute Gasteiger partial charge is 0.328 e. The fourth-order valence-corrected chi connectivity index (χ4v) is 3.83. The van der Waals surface area contributed by atoms with Gasteiger partial charge in [-0.1, -0.05) is 0 Å². The van der Waals surface area contributed by atoms with Crippen LogP contribution in [0.2, 0.25) is 0 Å². The van der Waals surface area contributed by atoms with Gasteiger partial charge in [0.2, 0.25) is 5.91 Å². The number of urea groups is 1. The standard InChI is InChI=1S/C13H17N3O2S/c1-9-10-4-7-19-11(10)3-6-15(9)8-16-12(17)2-5-14-13(16)18/h4,7,9H,2-3,5-6,8H2,1H3,(H,14,18)/p+1/t9-/m1/s1. The second kappa shape index (κ2) is 4.94. The van der Waals surface area contributed by atoms with Gasteiger partial charge in [0.15, 0.2) is 6.67 Å². The maximum Gasteiger partial charge on any atom is 0.328 e. The number of nitrogens with one attached hydrogen (secondary N) is 2. The molecule has 2 aliphatic rings. The Bertz CT molecular complexity index is 498. The number of rotatable bonds is 2. The molecule has 19 heavy (non-hydrogen) atoms. The summed E-state index contributed by atoms with van der Waals surface area (Å²) in [5, 5.41) is 4.86. The number of amides is 3. The van der Waals surface area contributed by atoms with Crippen molar-refractivity contribution in [3.05, 3.63) is 21.9 Å². The van der Waals surface area contributed by atoms with Crippen molar-refractivity contribution >= 4 is 23.3 Å². The van der Waals surface area contributed by atoms with E-state index in [-0.39, 0.29) is 11.9 Å². The van der Waals surface area contributed by atoms with Gasteiger partial charge in [0.05, 0.1) is 6.54 Å². The number of fused-ring (bicyclic) bond motifs is 1. The minimum absolute atomic E-state index is 0.0560. The largest absolute Gasteiger partial charge is 0.337 e. The third kappa shape index (κ3) is 2.26. The summed E-state index contributed by atoms with van der Waals surface area (Å²) in [6.45, 7) is 4.09. The number of nitrogens with zero attached hydrogens (tertiary/aromatic N) is 1. The van der Waals surface area contributed by atoms with Gasteiger partial charge in [-0.2, -0.15) is 0 Å². The monoisotopic (exact) mass is 280 g/mol. The zero-order valence-electron chi connectivity index (χ0n) is 10.9. The Morgan fingerprint density at radius 2 is 2.32 bits per heavy atom. The molecular weight excluding hydrogens is 262 g/mol. The summed E-state index contributed by atoms with van der Waals surface area (Å²) in [5.74, 6) is -0.0560. The molecule has 1 unspecified atom stereocenters. The molecule has 0 bridgehead atoms. The summed E-state index contributed by atoms with van der Waals surface area (Å²) in [4.78, 5) is 27.7. The summed E-state index contributed by atoms with van der Waals surface area (Å²) in [6, 6.07) is 2.27. The first-order chi connectivity index (χ1) is 9.16. The average molecular weight is 280 g/mol. The Balaban J connectivity index is 1.74. The molecule has 1 saturated heterocycles. The second-order valence-corrected chi connectivity index (χ2v) is 6.14. The molecule has 3 amide bonds. The van der Waals surface area contributed by atoms with E-state index in [1.165, 1.54) is 20.2 Å². The van der Waals surface area contributed by atoms with E-state index >= 15 is 0 Å². The lowest BCUT2D eigenvalue weighted by molar-refractivity contribution is -0.938. The highest BCUT2D eigenvalue weighted by Crippen LogP contribution is 2.24. The Labute approximate surface area is 116 Å². The maximum atomic E-state index is 11.8. The summed E-state index contributed by atoms with van der Waals surface area (Å²) >= 11 is 1.81. The van der Waals surface area contributed by atoms with E-state index < -0.39 is 0 Å². The van der Waals surface area contributed by atoms with E-state index in [0.717, 1.165) is 13.0 Å². The van der Waals surface area contributed by atoms with Gasteiger partial charge in [-0.15, -0.1) is 11.3 Å². The summed E-state index contributed by atoms with van der Waals surface area (Å²) in [7, 11) is 0. The molecule has 2 atom stereocenters. The lowest BCUT2D eigenvalue weighted by Gasteiger charge is -2.35. The van der Waals surface area contributed by atoms with E-state index in [1.54, 1.807) is 11.3 Å². The van der Waals surface area contributed by atoms with Gasteiger partial charge in [0.25, 0.3) is 0 Å². The first-order valence-electron chi connectivity index (χ1n) is 6.66. The average Bonchev–Trinajstić information content (AvgIpc) is 2.85. The van der Waals surface area contributed by atoms with Crippen LogP contribution in [0.4, 0.5) is 4.79 Å². The number of carbonyl (C=O) groups is 2. The molecule has 1 aromatic heterocycles. The predicted molar refractivity (Wildman–Crippen MR) is 72.0 cm³/mol. The second-order valence-electron chi connectivity index (χ2n) is 5.14. The van der Waals surface area contributed by atoms with Crippen LogP contribution < -0.4 is 10.2 Å². The molecule has 2 N–H and O–H groups in total. The predicted octanol–water partition coefficient (Wildman–Crippen LogP) is 0.150. The van der Waals surface area contributed by atoms with Crippen LogP contribution in [0.25, 0.3) is 0 Å². The summed E-state index contributed by atoms with van der Waals surface area (Å²) < 4.78 is 0. The molecule has 5 nitrogen and oxygen atoms in total. The SMILES string of the molecule is C[C@@H]1c2ccsc2CC[NH+]1CN1C(=O)CCNC1=O. The molecule has 6 heteroatoms. The molecule has 0 aromatic carbocycles. The van der Waals surface area contributed by atoms with E-state index in [1.807, 2.05) is 0 Å². The molecule has 0 radical (unpaired) electrons. The molecule has 2 aliphatic heterocycles. The van der Waals surface area contributed by atoms with Crippen molar-refractivity contribution in [2.45, 2.75) is 25.8 Å². The number of hydrogen-bond acceptors (Lipinski definition) is 3. The Kier molecular flexibility index (Phi) is 3.28. The first kappa shape index (κ1) is 12.6. The zero-order valence-corrected chi connectivity index (χ0v) is 11.8. The minimum Gasteiger partial charge on any atom is -0.337 e. The molecule has 0 spiro atoms. The van der Waals surface area contributed by atoms with Crippen molar-refractivity contribution in [2.24, 2.45) is 0 Å². The number of quaternary nitrogens is 1. The van der Waals surface area contributed by atoms with E-state index in [4.69, 9.17) is 0 Å². The van der Waals surface area contributed by atoms with Crippen LogP contribution >= 0.6 is 11.3 Å². The Morgan fingerprint density at radius 1 is 1.47 bits per heavy atom. The normalized spacial score (nSPS) is 27.1. The van der Waals surface area contributed by atoms with Gasteiger partial charge in [0, 0.05) is 29.8 Å². The van der Waals surface area contributed by atoms with Gasteiger partial charge >= 0.3 is 6.03 Å². The van der Waals surface area contributed by atoms with Crippen LogP contribution in [-0.4, -0.2) is 36.6 Å². The van der Waals surface area contributed by atoms with Crippen molar-refractivity contribution in [2.75, 3.05) is 19.8 Å². The highest BCUT2D eigenvalue weighted by molar-refractivity contribution is 7.10. The van der Waals surface area contributed by atoms with Crippen LogP contribution in [0, 0.1) is 0 Å². The Morgan fingerprint density at radius 3 is 3.11 bits per heavy atom. The summed E-state index contributed by atoms with van der Waals surface area (Å²) in [6.07, 6.45) is 1.45. The molecular formula is C13H18N3O2S+. The van der Waals surface area contributed by atoms with Crippen molar-refractivity contribution in [1.82, 2.24) is 10.2 Å². The van der Waals surface area contributed by atoms with E-state index in [9.17, 15) is 9.59 Å². The van der Waals surface area contributed by atoms with Crippen molar-refractivity contribution in [1.29, 1.82) is 0 Å². The van der Waals surface area contributed by atoms with Gasteiger partial charge in [-0.25, -0.2) is 9.69 Å². The molecule has 1 fully saturated rings. The molecule has 0 aliphatic carbocycles. The maximum absolute atomic E-state index is 11.8. The van der Waals surface area contributed by atoms with E-state index in [2.05, 4.69) is 23.7 Å². The van der Waals surface area contributed by atoms with Crippen LogP contribution in [-0.2, 0) is 11.2 Å². The van der Waals surface area contributed by atoms with Gasteiger partial charge in [-0.05, 0) is 18.4 Å². The highest BCUT2D eigenvalue weighted by atomic mass is 32.1. The number of thiophene rings is 1. The third-order valence-corrected chi connectivity index (χ3v) is 5.05. The topological polar surface area (TPSA) is 53.9 Å².